The number of hydrogen-bond acceptors (Lipinski definition) is 18. The molecular formula is C25H40N7O17P3S. The Bertz CT molecular complexity index is 1820. The van der Waals surface area contributed by atoms with Gasteiger partial charge in [-0.2, -0.15) is 16.9 Å². The van der Waals surface area contributed by atoms with Crippen molar-refractivity contribution in [1.29, 1.82) is 0 Å². The Morgan fingerprint density at radius 3 is 2.40 bits per heavy atom. The van der Waals surface area contributed by atoms with Crippen LogP contribution in [0, 0.1) is 5.41 Å². The van der Waals surface area contributed by atoms with Crippen LogP contribution in [0.1, 0.15) is 44.0 Å². The number of aliphatic hydroxyl groups excluding tert-OH is 2. The number of ether oxygens (including phenoxy) is 1. The Kier molecular flexibility index (Phi) is 15.4. The molecule has 0 saturated carbocycles. The molecule has 2 aromatic rings. The zero-order valence-electron chi connectivity index (χ0n) is 28.2. The third-order valence-electron chi connectivity index (χ3n) is 7.11. The molecule has 2 aromatic heterocycles. The summed E-state index contributed by atoms with van der Waals surface area (Å²) in [6, 6.07) is 0. The molecule has 1 aliphatic rings. The number of aliphatic hydroxyl groups is 2. The highest BCUT2D eigenvalue weighted by Gasteiger charge is 2.50. The summed E-state index contributed by atoms with van der Waals surface area (Å²) in [4.78, 5) is 87.7. The van der Waals surface area contributed by atoms with E-state index in [9.17, 15) is 57.9 Å². The number of thiol groups is 1. The number of phosphoric ester groups is 3. The number of aromatic nitrogens is 4. The van der Waals surface area contributed by atoms with Crippen LogP contribution < -0.4 is 16.4 Å². The molecule has 3 heterocycles. The van der Waals surface area contributed by atoms with Crippen molar-refractivity contribution < 1.29 is 80.5 Å². The number of hydrogen-bond donors (Lipinski definition) is 10. The van der Waals surface area contributed by atoms with E-state index in [0.717, 1.165) is 17.0 Å². The van der Waals surface area contributed by atoms with Crippen molar-refractivity contribution in [3.63, 3.8) is 0 Å². The number of rotatable bonds is 20. The number of nitrogen functional groups attached to an aromatic ring is 1. The Morgan fingerprint density at radius 2 is 1.77 bits per heavy atom. The molecule has 28 heteroatoms. The normalized spacial score (nSPS) is 22.4. The van der Waals surface area contributed by atoms with Crippen molar-refractivity contribution in [2.75, 3.05) is 37.8 Å². The first-order chi connectivity index (χ1) is 24.5. The number of carbonyl (C=O) groups is 3. The molecule has 24 nitrogen and oxygen atoms in total. The Labute approximate surface area is 306 Å². The lowest BCUT2D eigenvalue weighted by Gasteiger charge is -2.30. The van der Waals surface area contributed by atoms with E-state index in [0.29, 0.717) is 12.3 Å². The number of carbonyl (C=O) groups excluding carboxylic acids is 3. The molecule has 1 fully saturated rings. The highest BCUT2D eigenvalue weighted by atomic mass is 32.1. The van der Waals surface area contributed by atoms with Crippen LogP contribution in [0.5, 0.6) is 0 Å². The monoisotopic (exact) mass is 835 g/mol. The van der Waals surface area contributed by atoms with Crippen LogP contribution in [0.2, 0.25) is 0 Å². The van der Waals surface area contributed by atoms with Gasteiger partial charge < -0.3 is 50.9 Å². The lowest BCUT2D eigenvalue weighted by molar-refractivity contribution is -0.137. The van der Waals surface area contributed by atoms with Crippen molar-refractivity contribution in [3.8, 4) is 0 Å². The molecule has 0 spiro atoms. The second-order valence-corrected chi connectivity index (χ2v) is 16.5. The fourth-order valence-electron chi connectivity index (χ4n) is 4.54. The lowest BCUT2D eigenvalue weighted by Crippen LogP contribution is -2.46. The van der Waals surface area contributed by atoms with Crippen LogP contribution in [0.15, 0.2) is 18.5 Å². The van der Waals surface area contributed by atoms with Gasteiger partial charge >= 0.3 is 23.5 Å². The number of nitrogens with two attached hydrogens (primary N) is 1. The molecule has 2 unspecified atom stereocenters. The maximum Gasteiger partial charge on any atom is 0.481 e. The molecule has 298 valence electrons. The van der Waals surface area contributed by atoms with Gasteiger partial charge in [-0.25, -0.2) is 28.6 Å². The molecule has 0 bridgehead atoms. The van der Waals surface area contributed by atoms with E-state index in [-0.39, 0.29) is 41.7 Å². The number of fused-ring (bicyclic) bond motifs is 1. The smallest absolute Gasteiger partial charge is 0.386 e. The average Bonchev–Trinajstić information content (AvgIpc) is 3.61. The van der Waals surface area contributed by atoms with E-state index in [4.69, 9.17) is 19.5 Å². The third-order valence-corrected chi connectivity index (χ3v) is 10.4. The van der Waals surface area contributed by atoms with E-state index >= 15 is 0 Å². The number of nitrogens with zero attached hydrogens (tertiary/aromatic N) is 4. The van der Waals surface area contributed by atoms with Gasteiger partial charge in [0.1, 0.15) is 29.9 Å². The molecule has 2 amide bonds. The van der Waals surface area contributed by atoms with Crippen molar-refractivity contribution in [1.82, 2.24) is 30.2 Å². The van der Waals surface area contributed by atoms with E-state index in [1.54, 1.807) is 6.92 Å². The maximum atomic E-state index is 12.7. The summed E-state index contributed by atoms with van der Waals surface area (Å²) in [5.41, 5.74) is 4.08. The molecule has 53 heavy (non-hydrogen) atoms. The molecule has 0 aromatic carbocycles. The first kappa shape index (κ1) is 44.7. The average molecular weight is 836 g/mol. The maximum absolute atomic E-state index is 12.7. The summed E-state index contributed by atoms with van der Waals surface area (Å²) in [6.07, 6.45) is -5.80. The summed E-state index contributed by atoms with van der Waals surface area (Å²) in [5.74, 6) is -2.21. The summed E-state index contributed by atoms with van der Waals surface area (Å²) in [6.45, 7) is 2.15. The highest BCUT2D eigenvalue weighted by molar-refractivity contribution is 7.80. The predicted molar refractivity (Wildman–Crippen MR) is 183 cm³/mol. The molecule has 7 atom stereocenters. The van der Waals surface area contributed by atoms with Crippen LogP contribution in [0.3, 0.4) is 0 Å². The van der Waals surface area contributed by atoms with Gasteiger partial charge in [0.2, 0.25) is 23.4 Å². The van der Waals surface area contributed by atoms with Gasteiger partial charge in [0, 0.05) is 30.7 Å². The Hall–Kier alpha value is -2.70. The summed E-state index contributed by atoms with van der Waals surface area (Å²) in [7, 11) is -16.5. The minimum absolute atomic E-state index is 0.0576. The van der Waals surface area contributed by atoms with Gasteiger partial charge in [-0.15, -0.1) is 0 Å². The first-order valence-corrected chi connectivity index (χ1v) is 20.4. The number of ketones is 1. The largest absolute Gasteiger partial charge is 0.481 e. The standard InChI is InChI=1S/C25H40N7O17P3S/c1-4-5-13(33)21-30-20(26)16-22(31-21)32(12-29-16)24-17(35)18(48-50(38,39)40)14(47-24)10-45-51(41,42)49-52(43,44)46-11-25(2,3)19(36)23(37)28-7-6-15(34)27-8-9-53/h4-5,12,14,17-19,24,35-36,53H,6-11H2,1-3H3,(H,27,34)(H,28,37)(H,41,42)(H,43,44)(H2,26,30,31)(H2,38,39,40)/b5-4+/t14-,17-,18-,19+,24-/m1/s1. The molecule has 1 aliphatic heterocycles. The van der Waals surface area contributed by atoms with Crippen LogP contribution in [0.4, 0.5) is 5.82 Å². The van der Waals surface area contributed by atoms with Gasteiger partial charge in [0.05, 0.1) is 19.5 Å². The van der Waals surface area contributed by atoms with Crippen LogP contribution in [-0.4, -0.2) is 123 Å². The Balaban J connectivity index is 1.69. The minimum Gasteiger partial charge on any atom is -0.386 e. The van der Waals surface area contributed by atoms with E-state index in [2.05, 4.69) is 47.0 Å². The number of amides is 2. The SMILES string of the molecule is C/C=C/C(=O)c1nc(N)c2ncn([C@@H]3O[C@H](COP(=O)(O)OP(=O)(O)OCC(C)(C)[C@@H](O)C(=O)NCCC(=O)NCCS)[C@@H](OP(=O)(O)O)[C@H]3O)c2n1. The minimum atomic E-state index is -5.61. The third kappa shape index (κ3) is 12.7. The van der Waals surface area contributed by atoms with Crippen molar-refractivity contribution >= 4 is 70.7 Å². The van der Waals surface area contributed by atoms with Crippen molar-refractivity contribution in [2.24, 2.45) is 5.41 Å². The summed E-state index contributed by atoms with van der Waals surface area (Å²) < 4.78 is 62.1. The predicted octanol–water partition coefficient (Wildman–Crippen LogP) is -0.906. The summed E-state index contributed by atoms with van der Waals surface area (Å²) >= 11 is 3.95. The molecule has 0 aliphatic carbocycles. The van der Waals surface area contributed by atoms with Crippen LogP contribution >= 0.6 is 36.1 Å². The second-order valence-electron chi connectivity index (χ2n) is 11.8. The molecule has 1 saturated heterocycles. The summed E-state index contributed by atoms with van der Waals surface area (Å²) in [5, 5.41) is 26.3. The highest BCUT2D eigenvalue weighted by Crippen LogP contribution is 2.61. The Morgan fingerprint density at radius 1 is 1.11 bits per heavy atom. The zero-order valence-corrected chi connectivity index (χ0v) is 31.8. The lowest BCUT2D eigenvalue weighted by atomic mass is 9.87. The number of imidazole rings is 1. The van der Waals surface area contributed by atoms with Gasteiger partial charge in [-0.1, -0.05) is 19.9 Å². The second kappa shape index (κ2) is 18.3. The number of phosphoric acid groups is 3. The van der Waals surface area contributed by atoms with E-state index < -0.39 is 84.4 Å². The van der Waals surface area contributed by atoms with Gasteiger partial charge in [0.25, 0.3) is 0 Å². The van der Waals surface area contributed by atoms with Gasteiger partial charge in [-0.3, -0.25) is 32.5 Å². The number of allylic oxidation sites excluding steroid dienone is 2. The van der Waals surface area contributed by atoms with Crippen molar-refractivity contribution in [2.45, 2.75) is 57.8 Å². The molecular weight excluding hydrogens is 795 g/mol. The van der Waals surface area contributed by atoms with E-state index in [1.165, 1.54) is 19.9 Å². The molecule has 3 rings (SSSR count). The zero-order chi connectivity index (χ0) is 39.9. The molecule has 0 radical (unpaired) electrons. The first-order valence-electron chi connectivity index (χ1n) is 15.2. The van der Waals surface area contributed by atoms with Crippen LogP contribution in [-0.2, 0) is 45.9 Å². The van der Waals surface area contributed by atoms with Gasteiger partial charge in [0.15, 0.2) is 17.7 Å². The fraction of sp³-hybridized carbons (Fsp3) is 0.600. The number of anilines is 1. The number of nitrogens with one attached hydrogen (secondary N) is 2. The van der Waals surface area contributed by atoms with Crippen LogP contribution in [0.25, 0.3) is 11.2 Å². The fourth-order valence-corrected chi connectivity index (χ4v) is 7.48. The van der Waals surface area contributed by atoms with Gasteiger partial charge in [-0.05, 0) is 13.0 Å². The molecule has 10 N–H and O–H groups in total. The topological polar surface area (TPSA) is 364 Å². The van der Waals surface area contributed by atoms with E-state index in [1.807, 2.05) is 0 Å². The quantitative estimate of drug-likeness (QED) is 0.0334. The van der Waals surface area contributed by atoms with Crippen molar-refractivity contribution in [3.05, 3.63) is 24.3 Å².